The summed E-state index contributed by atoms with van der Waals surface area (Å²) >= 11 is 0. The highest BCUT2D eigenvalue weighted by Gasteiger charge is 1.96. The average molecular weight is 277 g/mol. The quantitative estimate of drug-likeness (QED) is 0.228. The van der Waals surface area contributed by atoms with Crippen molar-refractivity contribution in [3.05, 3.63) is 36.6 Å². The van der Waals surface area contributed by atoms with E-state index in [9.17, 15) is 0 Å². The molecule has 0 aliphatic heterocycles. The van der Waals surface area contributed by atoms with Crippen LogP contribution in [0, 0.1) is 0 Å². The Balaban J connectivity index is 3.24. The molecule has 20 heavy (non-hydrogen) atoms. The van der Waals surface area contributed by atoms with Crippen molar-refractivity contribution in [1.29, 1.82) is 0 Å². The van der Waals surface area contributed by atoms with Gasteiger partial charge in [0.2, 0.25) is 0 Å². The monoisotopic (exact) mass is 277 g/mol. The molecule has 0 rings (SSSR count). The van der Waals surface area contributed by atoms with Crippen LogP contribution < -0.4 is 5.32 Å². The summed E-state index contributed by atoms with van der Waals surface area (Å²) in [5.41, 5.74) is 2.48. The van der Waals surface area contributed by atoms with E-state index in [1.165, 1.54) is 69.8 Å². The molecule has 1 nitrogen and oxygen atoms in total. The fraction of sp³-hybridized carbons (Fsp3) is 0.684. The van der Waals surface area contributed by atoms with Gasteiger partial charge in [0.1, 0.15) is 0 Å². The highest BCUT2D eigenvalue weighted by atomic mass is 14.9. The van der Waals surface area contributed by atoms with E-state index in [0.717, 1.165) is 12.2 Å². The Morgan fingerprint density at radius 1 is 0.900 bits per heavy atom. The predicted octanol–water partition coefficient (Wildman–Crippen LogP) is 6.14. The van der Waals surface area contributed by atoms with Crippen molar-refractivity contribution in [1.82, 2.24) is 5.32 Å². The maximum atomic E-state index is 4.18. The second kappa shape index (κ2) is 14.4. The summed E-state index contributed by atoms with van der Waals surface area (Å²) in [5, 5.41) is 3.33. The standard InChI is InChI=1S/C19H35N/c1-5-7-11-15-18(3)16-12-9-8-10-13-17-20-19(4)14-6-2/h6,14,20H,3-5,7-13,15-17H2,1-2H3/b14-6+. The Labute approximate surface area is 127 Å². The molecule has 0 saturated carbocycles. The maximum absolute atomic E-state index is 4.18. The van der Waals surface area contributed by atoms with Crippen molar-refractivity contribution < 1.29 is 0 Å². The van der Waals surface area contributed by atoms with Gasteiger partial charge in [0, 0.05) is 12.2 Å². The first-order valence-electron chi connectivity index (χ1n) is 8.42. The number of unbranched alkanes of at least 4 members (excludes halogenated alkanes) is 6. The number of allylic oxidation sites excluding steroid dienone is 3. The first-order valence-corrected chi connectivity index (χ1v) is 8.42. The van der Waals surface area contributed by atoms with Crippen molar-refractivity contribution in [2.75, 3.05) is 6.54 Å². The fourth-order valence-electron chi connectivity index (χ4n) is 2.29. The van der Waals surface area contributed by atoms with Crippen molar-refractivity contribution in [2.24, 2.45) is 0 Å². The normalized spacial score (nSPS) is 10.9. The van der Waals surface area contributed by atoms with Crippen molar-refractivity contribution in [2.45, 2.75) is 78.1 Å². The predicted molar refractivity (Wildman–Crippen MR) is 92.9 cm³/mol. The molecule has 0 atom stereocenters. The number of hydrogen-bond donors (Lipinski definition) is 1. The van der Waals surface area contributed by atoms with Crippen LogP contribution in [0.25, 0.3) is 0 Å². The molecule has 0 spiro atoms. The molecule has 0 aromatic heterocycles. The minimum atomic E-state index is 1.02. The third kappa shape index (κ3) is 13.5. The highest BCUT2D eigenvalue weighted by molar-refractivity contribution is 5.10. The lowest BCUT2D eigenvalue weighted by atomic mass is 10.0. The smallest absolute Gasteiger partial charge is 0.0263 e. The Kier molecular flexibility index (Phi) is 13.7. The van der Waals surface area contributed by atoms with Crippen molar-refractivity contribution in [3.63, 3.8) is 0 Å². The molecule has 0 fully saturated rings. The Morgan fingerprint density at radius 2 is 1.50 bits per heavy atom. The largest absolute Gasteiger partial charge is 0.386 e. The van der Waals surface area contributed by atoms with Crippen LogP contribution in [0.3, 0.4) is 0 Å². The SMILES string of the molecule is C=C(CCCCC)CCCCCCCNC(=C)/C=C/C. The third-order valence-electron chi connectivity index (χ3n) is 3.56. The van der Waals surface area contributed by atoms with Crippen LogP contribution in [0.5, 0.6) is 0 Å². The molecule has 1 N–H and O–H groups in total. The minimum absolute atomic E-state index is 1.02. The van der Waals surface area contributed by atoms with Crippen LogP contribution in [0.1, 0.15) is 78.1 Å². The van der Waals surface area contributed by atoms with Crippen LogP contribution >= 0.6 is 0 Å². The zero-order valence-corrected chi connectivity index (χ0v) is 13.8. The molecule has 0 radical (unpaired) electrons. The lowest BCUT2D eigenvalue weighted by molar-refractivity contribution is 0.592. The topological polar surface area (TPSA) is 12.0 Å². The van der Waals surface area contributed by atoms with Gasteiger partial charge in [-0.3, -0.25) is 0 Å². The van der Waals surface area contributed by atoms with Gasteiger partial charge in [0.25, 0.3) is 0 Å². The van der Waals surface area contributed by atoms with Gasteiger partial charge >= 0.3 is 0 Å². The molecule has 0 aromatic rings. The van der Waals surface area contributed by atoms with Crippen LogP contribution in [-0.2, 0) is 0 Å². The van der Waals surface area contributed by atoms with Gasteiger partial charge in [0.05, 0.1) is 0 Å². The van der Waals surface area contributed by atoms with Gasteiger partial charge in [0.15, 0.2) is 0 Å². The molecule has 116 valence electrons. The molecular formula is C19H35N. The maximum Gasteiger partial charge on any atom is 0.0263 e. The van der Waals surface area contributed by atoms with Gasteiger partial charge in [-0.05, 0) is 45.1 Å². The summed E-state index contributed by atoms with van der Waals surface area (Å²) in [6, 6.07) is 0. The van der Waals surface area contributed by atoms with Gasteiger partial charge in [-0.25, -0.2) is 0 Å². The summed E-state index contributed by atoms with van der Waals surface area (Å²) in [6.07, 6.45) is 17.1. The molecule has 1 heteroatoms. The summed E-state index contributed by atoms with van der Waals surface area (Å²) in [4.78, 5) is 0. The van der Waals surface area contributed by atoms with Crippen LogP contribution in [0.4, 0.5) is 0 Å². The van der Waals surface area contributed by atoms with Gasteiger partial charge in [-0.2, -0.15) is 0 Å². The molecular weight excluding hydrogens is 242 g/mol. The molecule has 0 saturated heterocycles. The van der Waals surface area contributed by atoms with Crippen LogP contribution in [0.15, 0.2) is 36.6 Å². The Morgan fingerprint density at radius 3 is 2.15 bits per heavy atom. The Hall–Kier alpha value is -0.980. The van der Waals surface area contributed by atoms with E-state index in [-0.39, 0.29) is 0 Å². The summed E-state index contributed by atoms with van der Waals surface area (Å²) in [5.74, 6) is 0. The van der Waals surface area contributed by atoms with Gasteiger partial charge in [-0.1, -0.05) is 63.8 Å². The minimum Gasteiger partial charge on any atom is -0.386 e. The average Bonchev–Trinajstić information content (AvgIpc) is 2.42. The summed E-state index contributed by atoms with van der Waals surface area (Å²) in [7, 11) is 0. The number of nitrogens with one attached hydrogen (secondary N) is 1. The highest BCUT2D eigenvalue weighted by Crippen LogP contribution is 2.15. The molecule has 0 aliphatic rings. The first kappa shape index (κ1) is 19.0. The molecule has 0 amide bonds. The lowest BCUT2D eigenvalue weighted by Crippen LogP contribution is -2.12. The second-order valence-corrected chi connectivity index (χ2v) is 5.68. The van der Waals surface area contributed by atoms with E-state index in [4.69, 9.17) is 0 Å². The van der Waals surface area contributed by atoms with E-state index < -0.39 is 0 Å². The third-order valence-corrected chi connectivity index (χ3v) is 3.56. The van der Waals surface area contributed by atoms with E-state index in [1.54, 1.807) is 0 Å². The fourth-order valence-corrected chi connectivity index (χ4v) is 2.29. The van der Waals surface area contributed by atoms with E-state index in [1.807, 2.05) is 19.1 Å². The molecule has 0 heterocycles. The number of hydrogen-bond acceptors (Lipinski definition) is 1. The van der Waals surface area contributed by atoms with Crippen molar-refractivity contribution >= 4 is 0 Å². The number of rotatable bonds is 14. The van der Waals surface area contributed by atoms with Crippen LogP contribution in [-0.4, -0.2) is 6.54 Å². The molecule has 0 unspecified atom stereocenters. The van der Waals surface area contributed by atoms with Crippen LogP contribution in [0.2, 0.25) is 0 Å². The van der Waals surface area contributed by atoms with Gasteiger partial charge in [-0.15, -0.1) is 0 Å². The molecule has 0 aromatic carbocycles. The van der Waals surface area contributed by atoms with Gasteiger partial charge < -0.3 is 5.32 Å². The van der Waals surface area contributed by atoms with E-state index in [2.05, 4.69) is 25.4 Å². The Bertz CT molecular complexity index is 275. The zero-order chi connectivity index (χ0) is 15.1. The van der Waals surface area contributed by atoms with Crippen molar-refractivity contribution in [3.8, 4) is 0 Å². The lowest BCUT2D eigenvalue weighted by Gasteiger charge is -2.07. The molecule has 0 bridgehead atoms. The first-order chi connectivity index (χ1) is 9.70. The molecule has 0 aliphatic carbocycles. The summed E-state index contributed by atoms with van der Waals surface area (Å²) < 4.78 is 0. The zero-order valence-electron chi connectivity index (χ0n) is 13.8. The van der Waals surface area contributed by atoms with E-state index >= 15 is 0 Å². The van der Waals surface area contributed by atoms with E-state index in [0.29, 0.717) is 0 Å². The second-order valence-electron chi connectivity index (χ2n) is 5.68. The summed E-state index contributed by atoms with van der Waals surface area (Å²) in [6.45, 7) is 13.4.